The molecule has 0 saturated carbocycles. The quantitative estimate of drug-likeness (QED) is 0.139. The first-order valence-electron chi connectivity index (χ1n) is 13.9. The van der Waals surface area contributed by atoms with Crippen LogP contribution in [0.4, 0.5) is 0 Å². The molecule has 1 aromatic carbocycles. The fourth-order valence-corrected chi connectivity index (χ4v) is 2.66. The van der Waals surface area contributed by atoms with Crippen LogP contribution >= 0.6 is 0 Å². The van der Waals surface area contributed by atoms with Crippen molar-refractivity contribution < 1.29 is 52.5 Å². The highest BCUT2D eigenvalue weighted by atomic mass is 16.6. The smallest absolute Gasteiger partial charge is 0.119 e. The lowest BCUT2D eigenvalue weighted by molar-refractivity contribution is -0.0258. The second kappa shape index (κ2) is 34.6. The van der Waals surface area contributed by atoms with Crippen molar-refractivity contribution in [3.05, 3.63) is 30.3 Å². The lowest BCUT2D eigenvalue weighted by atomic mass is 10.3. The molecule has 0 fully saturated rings. The molecule has 0 radical (unpaired) electrons. The summed E-state index contributed by atoms with van der Waals surface area (Å²) in [6.07, 6.45) is 0. The van der Waals surface area contributed by atoms with Gasteiger partial charge in [-0.15, -0.1) is 0 Å². The van der Waals surface area contributed by atoms with Gasteiger partial charge in [0.25, 0.3) is 0 Å². The standard InChI is InChI=1S/C26H46O11.C2H6/c27-6-7-28-8-9-29-10-11-30-12-13-31-14-15-32-16-17-33-18-19-34-20-21-35-22-23-36-24-25-37-26-4-2-1-3-5-26;1-2/h1-5,27H,6-25H2;1-2H3. The monoisotopic (exact) mass is 564 g/mol. The molecule has 0 atom stereocenters. The molecule has 1 rings (SSSR count). The molecule has 11 nitrogen and oxygen atoms in total. The summed E-state index contributed by atoms with van der Waals surface area (Å²) in [5, 5.41) is 8.56. The Balaban J connectivity index is 0.00000704. The van der Waals surface area contributed by atoms with Gasteiger partial charge in [-0.25, -0.2) is 0 Å². The summed E-state index contributed by atoms with van der Waals surface area (Å²) in [5.41, 5.74) is 0. The molecule has 0 unspecified atom stereocenters. The van der Waals surface area contributed by atoms with Gasteiger partial charge in [0.05, 0.1) is 126 Å². The third-order valence-electron chi connectivity index (χ3n) is 4.45. The van der Waals surface area contributed by atoms with Crippen LogP contribution in [0.2, 0.25) is 0 Å². The summed E-state index contributed by atoms with van der Waals surface area (Å²) in [6, 6.07) is 9.66. The number of benzene rings is 1. The Labute approximate surface area is 234 Å². The molecule has 0 aliphatic rings. The molecule has 0 bridgehead atoms. The second-order valence-corrected chi connectivity index (χ2v) is 7.40. The largest absolute Gasteiger partial charge is 0.491 e. The van der Waals surface area contributed by atoms with Gasteiger partial charge < -0.3 is 52.5 Å². The molecule has 0 aliphatic carbocycles. The minimum atomic E-state index is 0.0281. The van der Waals surface area contributed by atoms with E-state index in [1.807, 2.05) is 44.2 Å². The maximum absolute atomic E-state index is 8.56. The van der Waals surface area contributed by atoms with Crippen LogP contribution in [-0.2, 0) is 42.6 Å². The summed E-state index contributed by atoms with van der Waals surface area (Å²) >= 11 is 0. The highest BCUT2D eigenvalue weighted by Crippen LogP contribution is 2.07. The van der Waals surface area contributed by atoms with Crippen LogP contribution in [0.25, 0.3) is 0 Å². The van der Waals surface area contributed by atoms with E-state index in [1.165, 1.54) is 0 Å². The zero-order chi connectivity index (χ0) is 28.3. The van der Waals surface area contributed by atoms with Gasteiger partial charge in [-0.3, -0.25) is 0 Å². The van der Waals surface area contributed by atoms with Crippen molar-refractivity contribution in [2.75, 3.05) is 132 Å². The predicted molar refractivity (Wildman–Crippen MR) is 148 cm³/mol. The summed E-state index contributed by atoms with van der Waals surface area (Å²) in [7, 11) is 0. The SMILES string of the molecule is CC.OCCOCCOCCOCCOCCOCCOCCOCCOCCOCCOc1ccccc1. The Hall–Kier alpha value is -1.38. The van der Waals surface area contributed by atoms with Crippen molar-refractivity contribution in [2.45, 2.75) is 13.8 Å². The van der Waals surface area contributed by atoms with E-state index in [2.05, 4.69) is 0 Å². The van der Waals surface area contributed by atoms with E-state index >= 15 is 0 Å². The minimum Gasteiger partial charge on any atom is -0.491 e. The van der Waals surface area contributed by atoms with Crippen LogP contribution < -0.4 is 4.74 Å². The van der Waals surface area contributed by atoms with E-state index in [1.54, 1.807) is 0 Å². The van der Waals surface area contributed by atoms with Gasteiger partial charge in [0, 0.05) is 0 Å². The molecule has 39 heavy (non-hydrogen) atoms. The minimum absolute atomic E-state index is 0.0281. The normalized spacial score (nSPS) is 10.8. The zero-order valence-corrected chi connectivity index (χ0v) is 24.1. The van der Waals surface area contributed by atoms with Crippen LogP contribution in [-0.4, -0.2) is 137 Å². The van der Waals surface area contributed by atoms with Crippen molar-refractivity contribution in [3.8, 4) is 5.75 Å². The fourth-order valence-electron chi connectivity index (χ4n) is 2.66. The molecule has 0 aliphatic heterocycles. The molecular weight excluding hydrogens is 512 g/mol. The average Bonchev–Trinajstić information content (AvgIpc) is 2.98. The molecular formula is C28H52O11. The molecule has 230 valence electrons. The maximum atomic E-state index is 8.56. The lowest BCUT2D eigenvalue weighted by Crippen LogP contribution is -2.15. The van der Waals surface area contributed by atoms with Crippen molar-refractivity contribution in [1.29, 1.82) is 0 Å². The lowest BCUT2D eigenvalue weighted by Gasteiger charge is -2.09. The Kier molecular flexibility index (Phi) is 33.4. The van der Waals surface area contributed by atoms with Crippen LogP contribution in [0.15, 0.2) is 30.3 Å². The van der Waals surface area contributed by atoms with E-state index in [9.17, 15) is 0 Å². The summed E-state index contributed by atoms with van der Waals surface area (Å²) in [6.45, 7) is 13.6. The van der Waals surface area contributed by atoms with E-state index in [0.717, 1.165) is 5.75 Å². The first-order valence-corrected chi connectivity index (χ1v) is 13.9. The van der Waals surface area contributed by atoms with E-state index < -0.39 is 0 Å². The average molecular weight is 565 g/mol. The Morgan fingerprint density at radius 3 is 0.923 bits per heavy atom. The number of aliphatic hydroxyl groups is 1. The Bertz CT molecular complexity index is 552. The number of para-hydroxylation sites is 1. The molecule has 1 N–H and O–H groups in total. The molecule has 0 amide bonds. The van der Waals surface area contributed by atoms with E-state index in [0.29, 0.717) is 126 Å². The Morgan fingerprint density at radius 2 is 0.641 bits per heavy atom. The van der Waals surface area contributed by atoms with E-state index in [-0.39, 0.29) is 6.61 Å². The fraction of sp³-hybridized carbons (Fsp3) is 0.786. The molecule has 0 aromatic heterocycles. The third kappa shape index (κ3) is 31.0. The van der Waals surface area contributed by atoms with Crippen LogP contribution in [0.5, 0.6) is 5.75 Å². The van der Waals surface area contributed by atoms with Crippen LogP contribution in [0.3, 0.4) is 0 Å². The molecule has 0 saturated heterocycles. The van der Waals surface area contributed by atoms with Gasteiger partial charge >= 0.3 is 0 Å². The van der Waals surface area contributed by atoms with Crippen LogP contribution in [0, 0.1) is 0 Å². The first kappa shape index (κ1) is 37.6. The molecule has 11 heteroatoms. The summed E-state index contributed by atoms with van der Waals surface area (Å²) < 4.78 is 54.0. The zero-order valence-electron chi connectivity index (χ0n) is 24.1. The van der Waals surface area contributed by atoms with Crippen molar-refractivity contribution in [3.63, 3.8) is 0 Å². The van der Waals surface area contributed by atoms with Gasteiger partial charge in [0.2, 0.25) is 0 Å². The molecule has 0 spiro atoms. The molecule has 0 heterocycles. The number of aliphatic hydroxyl groups excluding tert-OH is 1. The summed E-state index contributed by atoms with van der Waals surface area (Å²) in [4.78, 5) is 0. The van der Waals surface area contributed by atoms with Gasteiger partial charge in [-0.1, -0.05) is 32.0 Å². The predicted octanol–water partition coefficient (Wildman–Crippen LogP) is 2.23. The third-order valence-corrected chi connectivity index (χ3v) is 4.45. The first-order chi connectivity index (χ1) is 19.4. The summed E-state index contributed by atoms with van der Waals surface area (Å²) in [5.74, 6) is 0.844. The highest BCUT2D eigenvalue weighted by Gasteiger charge is 1.96. The molecule has 1 aromatic rings. The Morgan fingerprint density at radius 1 is 0.385 bits per heavy atom. The number of hydrogen-bond acceptors (Lipinski definition) is 11. The van der Waals surface area contributed by atoms with Gasteiger partial charge in [0.1, 0.15) is 12.4 Å². The van der Waals surface area contributed by atoms with Gasteiger partial charge in [-0.2, -0.15) is 0 Å². The van der Waals surface area contributed by atoms with Crippen molar-refractivity contribution in [2.24, 2.45) is 0 Å². The number of hydrogen-bond donors (Lipinski definition) is 1. The van der Waals surface area contributed by atoms with Crippen LogP contribution in [0.1, 0.15) is 13.8 Å². The van der Waals surface area contributed by atoms with Crippen molar-refractivity contribution >= 4 is 0 Å². The van der Waals surface area contributed by atoms with E-state index in [4.69, 9.17) is 52.5 Å². The van der Waals surface area contributed by atoms with Crippen molar-refractivity contribution in [1.82, 2.24) is 0 Å². The topological polar surface area (TPSA) is 113 Å². The van der Waals surface area contributed by atoms with Gasteiger partial charge in [-0.05, 0) is 12.1 Å². The number of ether oxygens (including phenoxy) is 10. The second-order valence-electron chi connectivity index (χ2n) is 7.40. The van der Waals surface area contributed by atoms with Gasteiger partial charge in [0.15, 0.2) is 0 Å². The highest BCUT2D eigenvalue weighted by molar-refractivity contribution is 5.20. The number of rotatable bonds is 30. The maximum Gasteiger partial charge on any atom is 0.119 e.